The summed E-state index contributed by atoms with van der Waals surface area (Å²) in [5.41, 5.74) is 0. The van der Waals surface area contributed by atoms with Crippen LogP contribution in [0.1, 0.15) is 13.8 Å². The van der Waals surface area contributed by atoms with Crippen LogP contribution >= 0.6 is 0 Å². The monoisotopic (exact) mass is 249 g/mol. The van der Waals surface area contributed by atoms with Gasteiger partial charge in [-0.25, -0.2) is 4.98 Å². The van der Waals surface area contributed by atoms with Gasteiger partial charge in [-0.05, 0) is 26.0 Å². The van der Waals surface area contributed by atoms with Crippen LogP contribution in [-0.2, 0) is 4.74 Å². The highest BCUT2D eigenvalue weighted by Crippen LogP contribution is 2.12. The van der Waals surface area contributed by atoms with Gasteiger partial charge in [-0.1, -0.05) is 6.07 Å². The zero-order valence-corrected chi connectivity index (χ0v) is 11.4. The van der Waals surface area contributed by atoms with Crippen LogP contribution < -0.4 is 4.90 Å². The molecule has 1 aromatic heterocycles. The zero-order valence-electron chi connectivity index (χ0n) is 11.4. The van der Waals surface area contributed by atoms with E-state index < -0.39 is 0 Å². The predicted molar refractivity (Wildman–Crippen MR) is 74.0 cm³/mol. The summed E-state index contributed by atoms with van der Waals surface area (Å²) in [6.07, 6.45) is 2.19. The molecular formula is C14H23N3O. The number of aromatic nitrogens is 1. The molecular weight excluding hydrogens is 226 g/mol. The second-order valence-corrected chi connectivity index (χ2v) is 4.94. The Morgan fingerprint density at radius 1 is 1.22 bits per heavy atom. The summed E-state index contributed by atoms with van der Waals surface area (Å²) in [6.45, 7) is 10.3. The Morgan fingerprint density at radius 2 is 2.00 bits per heavy atom. The molecule has 0 bridgehead atoms. The second kappa shape index (κ2) is 6.71. The molecule has 0 aromatic carbocycles. The maximum Gasteiger partial charge on any atom is 0.128 e. The minimum absolute atomic E-state index is 0.333. The highest BCUT2D eigenvalue weighted by molar-refractivity contribution is 5.38. The molecule has 0 aliphatic carbocycles. The van der Waals surface area contributed by atoms with Crippen molar-refractivity contribution in [3.8, 4) is 0 Å². The summed E-state index contributed by atoms with van der Waals surface area (Å²) in [6, 6.07) is 6.09. The van der Waals surface area contributed by atoms with Gasteiger partial charge in [0.25, 0.3) is 0 Å². The number of hydrogen-bond acceptors (Lipinski definition) is 4. The molecule has 2 heterocycles. The van der Waals surface area contributed by atoms with E-state index >= 15 is 0 Å². The van der Waals surface area contributed by atoms with Crippen molar-refractivity contribution in [2.45, 2.75) is 20.0 Å². The fourth-order valence-corrected chi connectivity index (χ4v) is 2.16. The number of piperazine rings is 1. The van der Waals surface area contributed by atoms with Gasteiger partial charge in [0.1, 0.15) is 5.82 Å². The quantitative estimate of drug-likeness (QED) is 0.793. The van der Waals surface area contributed by atoms with E-state index in [1.165, 1.54) is 0 Å². The van der Waals surface area contributed by atoms with Crippen LogP contribution in [0.5, 0.6) is 0 Å². The van der Waals surface area contributed by atoms with Crippen molar-refractivity contribution in [2.24, 2.45) is 0 Å². The van der Waals surface area contributed by atoms with Crippen molar-refractivity contribution in [1.29, 1.82) is 0 Å². The second-order valence-electron chi connectivity index (χ2n) is 4.94. The van der Waals surface area contributed by atoms with Crippen molar-refractivity contribution >= 4 is 5.82 Å². The summed E-state index contributed by atoms with van der Waals surface area (Å²) in [5.74, 6) is 1.09. The number of hydrogen-bond donors (Lipinski definition) is 0. The molecule has 0 N–H and O–H groups in total. The molecule has 0 atom stereocenters. The van der Waals surface area contributed by atoms with Crippen molar-refractivity contribution < 1.29 is 4.74 Å². The van der Waals surface area contributed by atoms with Gasteiger partial charge < -0.3 is 9.64 Å². The molecule has 4 heteroatoms. The maximum atomic E-state index is 5.59. The summed E-state index contributed by atoms with van der Waals surface area (Å²) in [7, 11) is 0. The average molecular weight is 249 g/mol. The smallest absolute Gasteiger partial charge is 0.128 e. The molecule has 1 fully saturated rings. The number of ether oxygens (including phenoxy) is 1. The minimum Gasteiger partial charge on any atom is -0.377 e. The van der Waals surface area contributed by atoms with E-state index in [-0.39, 0.29) is 0 Å². The van der Waals surface area contributed by atoms with Gasteiger partial charge >= 0.3 is 0 Å². The third-order valence-electron chi connectivity index (χ3n) is 3.20. The summed E-state index contributed by atoms with van der Waals surface area (Å²) < 4.78 is 5.59. The molecule has 1 aliphatic rings. The van der Waals surface area contributed by atoms with E-state index in [0.717, 1.165) is 45.1 Å². The molecule has 0 spiro atoms. The molecule has 0 radical (unpaired) electrons. The first-order valence-electron chi connectivity index (χ1n) is 6.75. The van der Waals surface area contributed by atoms with Gasteiger partial charge in [0.05, 0.1) is 12.7 Å². The highest BCUT2D eigenvalue weighted by Gasteiger charge is 2.17. The van der Waals surface area contributed by atoms with Gasteiger partial charge in [-0.2, -0.15) is 0 Å². The largest absolute Gasteiger partial charge is 0.377 e. The lowest BCUT2D eigenvalue weighted by Crippen LogP contribution is -2.47. The third-order valence-corrected chi connectivity index (χ3v) is 3.20. The third kappa shape index (κ3) is 3.96. The van der Waals surface area contributed by atoms with Crippen LogP contribution in [0.2, 0.25) is 0 Å². The van der Waals surface area contributed by atoms with Crippen LogP contribution in [0.4, 0.5) is 5.82 Å². The van der Waals surface area contributed by atoms with Crippen LogP contribution in [0.3, 0.4) is 0 Å². The van der Waals surface area contributed by atoms with Crippen molar-refractivity contribution in [3.63, 3.8) is 0 Å². The van der Waals surface area contributed by atoms with Crippen LogP contribution in [0.15, 0.2) is 24.4 Å². The molecule has 1 aliphatic heterocycles. The van der Waals surface area contributed by atoms with Gasteiger partial charge in [-0.3, -0.25) is 4.90 Å². The van der Waals surface area contributed by atoms with Crippen LogP contribution in [0.25, 0.3) is 0 Å². The molecule has 0 amide bonds. The Morgan fingerprint density at radius 3 is 2.61 bits per heavy atom. The maximum absolute atomic E-state index is 5.59. The lowest BCUT2D eigenvalue weighted by atomic mass is 10.3. The molecule has 18 heavy (non-hydrogen) atoms. The zero-order chi connectivity index (χ0) is 12.8. The highest BCUT2D eigenvalue weighted by atomic mass is 16.5. The average Bonchev–Trinajstić information content (AvgIpc) is 2.40. The Balaban J connectivity index is 1.71. The van der Waals surface area contributed by atoms with E-state index in [1.54, 1.807) is 0 Å². The van der Waals surface area contributed by atoms with E-state index in [4.69, 9.17) is 4.74 Å². The fraction of sp³-hybridized carbons (Fsp3) is 0.643. The first-order valence-corrected chi connectivity index (χ1v) is 6.75. The molecule has 4 nitrogen and oxygen atoms in total. The number of pyridine rings is 1. The normalized spacial score (nSPS) is 17.4. The summed E-state index contributed by atoms with van der Waals surface area (Å²) in [5, 5.41) is 0. The summed E-state index contributed by atoms with van der Waals surface area (Å²) >= 11 is 0. The van der Waals surface area contributed by atoms with Gasteiger partial charge in [0.2, 0.25) is 0 Å². The van der Waals surface area contributed by atoms with Crippen molar-refractivity contribution in [1.82, 2.24) is 9.88 Å². The predicted octanol–water partition coefficient (Wildman–Crippen LogP) is 1.63. The Bertz CT molecular complexity index is 334. The Kier molecular flexibility index (Phi) is 4.96. The standard InChI is InChI=1S/C14H23N3O/c1-13(2)18-12-11-16-7-9-17(10-8-16)14-5-3-4-6-15-14/h3-6,13H,7-12H2,1-2H3. The number of rotatable bonds is 5. The van der Waals surface area contributed by atoms with Crippen LogP contribution in [-0.4, -0.2) is 55.3 Å². The van der Waals surface area contributed by atoms with E-state index in [1.807, 2.05) is 18.3 Å². The molecule has 1 saturated heterocycles. The lowest BCUT2D eigenvalue weighted by molar-refractivity contribution is 0.0578. The Labute approximate surface area is 110 Å². The summed E-state index contributed by atoms with van der Waals surface area (Å²) in [4.78, 5) is 9.20. The van der Waals surface area contributed by atoms with Gasteiger partial charge in [0, 0.05) is 38.9 Å². The fourth-order valence-electron chi connectivity index (χ4n) is 2.16. The molecule has 0 unspecified atom stereocenters. The topological polar surface area (TPSA) is 28.6 Å². The molecule has 1 aromatic rings. The molecule has 0 saturated carbocycles. The van der Waals surface area contributed by atoms with Gasteiger partial charge in [0.15, 0.2) is 0 Å². The minimum atomic E-state index is 0.333. The van der Waals surface area contributed by atoms with Crippen LogP contribution in [0, 0.1) is 0 Å². The number of nitrogens with zero attached hydrogens (tertiary/aromatic N) is 3. The van der Waals surface area contributed by atoms with Gasteiger partial charge in [-0.15, -0.1) is 0 Å². The van der Waals surface area contributed by atoms with Crippen molar-refractivity contribution in [3.05, 3.63) is 24.4 Å². The number of anilines is 1. The SMILES string of the molecule is CC(C)OCCN1CCN(c2ccccn2)CC1. The first kappa shape index (κ1) is 13.3. The lowest BCUT2D eigenvalue weighted by Gasteiger charge is -2.35. The first-order chi connectivity index (χ1) is 8.75. The van der Waals surface area contributed by atoms with E-state index in [9.17, 15) is 0 Å². The van der Waals surface area contributed by atoms with Crippen molar-refractivity contribution in [2.75, 3.05) is 44.2 Å². The van der Waals surface area contributed by atoms with E-state index in [0.29, 0.717) is 6.10 Å². The molecule has 2 rings (SSSR count). The molecule has 100 valence electrons. The Hall–Kier alpha value is -1.13. The van der Waals surface area contributed by atoms with E-state index in [2.05, 4.69) is 34.7 Å².